The van der Waals surface area contributed by atoms with Gasteiger partial charge in [0.25, 0.3) is 5.56 Å². The van der Waals surface area contributed by atoms with E-state index in [4.69, 9.17) is 10.8 Å². The number of carbonyl (C=O) groups is 1. The van der Waals surface area contributed by atoms with Crippen LogP contribution in [0.2, 0.25) is 0 Å². The minimum absolute atomic E-state index is 0.251. The molecule has 0 atom stereocenters. The maximum Gasteiger partial charge on any atom is 0.330 e. The molecule has 0 unspecified atom stereocenters. The van der Waals surface area contributed by atoms with Gasteiger partial charge < -0.3 is 10.8 Å². The molecule has 0 radical (unpaired) electrons. The highest BCUT2D eigenvalue weighted by Gasteiger charge is 2.13. The number of nitrogens with two attached hydrogens (primary N) is 1. The predicted octanol–water partition coefficient (Wildman–Crippen LogP) is -1.01. The minimum atomic E-state index is -1.14. The fourth-order valence-corrected chi connectivity index (χ4v) is 1.10. The fraction of sp³-hybridized carbons (Fsp3) is 0.286. The first-order valence-electron chi connectivity index (χ1n) is 4.15. The van der Waals surface area contributed by atoms with E-state index in [0.717, 1.165) is 4.57 Å². The van der Waals surface area contributed by atoms with Crippen LogP contribution in [-0.4, -0.2) is 20.6 Å². The van der Waals surface area contributed by atoms with Gasteiger partial charge in [0.15, 0.2) is 0 Å². The summed E-state index contributed by atoms with van der Waals surface area (Å²) >= 11 is 0. The highest BCUT2D eigenvalue weighted by Crippen LogP contribution is 2.12. The molecule has 4 N–H and O–H groups in total. The average molecular weight is 228 g/mol. The first-order chi connectivity index (χ1) is 7.47. The van der Waals surface area contributed by atoms with Crippen LogP contribution in [0.3, 0.4) is 0 Å². The first-order valence-corrected chi connectivity index (χ1v) is 4.15. The number of nitrogens with one attached hydrogen (secondary N) is 1. The van der Waals surface area contributed by atoms with Gasteiger partial charge >= 0.3 is 11.7 Å². The summed E-state index contributed by atoms with van der Waals surface area (Å²) in [5.41, 5.74) is 2.83. The molecule has 0 aliphatic rings. The summed E-state index contributed by atoms with van der Waals surface area (Å²) in [6.45, 7) is -0.251. The quantitative estimate of drug-likeness (QED) is 0.562. The Hall–Kier alpha value is -2.45. The van der Waals surface area contributed by atoms with Gasteiger partial charge in [-0.15, -0.1) is 4.91 Å². The molecule has 0 spiro atoms. The van der Waals surface area contributed by atoms with E-state index < -0.39 is 28.7 Å². The maximum absolute atomic E-state index is 11.2. The Labute approximate surface area is 87.5 Å². The van der Waals surface area contributed by atoms with Crippen molar-refractivity contribution in [2.24, 2.45) is 5.18 Å². The Morgan fingerprint density at radius 1 is 1.50 bits per heavy atom. The number of aromatic amines is 1. The van der Waals surface area contributed by atoms with Gasteiger partial charge in [-0.1, -0.05) is 0 Å². The minimum Gasteiger partial charge on any atom is -0.481 e. The Bertz CT molecular complexity index is 543. The van der Waals surface area contributed by atoms with Crippen molar-refractivity contribution < 1.29 is 9.90 Å². The van der Waals surface area contributed by atoms with Crippen LogP contribution < -0.4 is 17.0 Å². The van der Waals surface area contributed by atoms with Crippen LogP contribution in [0.15, 0.2) is 14.8 Å². The molecule has 1 aromatic heterocycles. The van der Waals surface area contributed by atoms with Crippen LogP contribution in [0.5, 0.6) is 0 Å². The van der Waals surface area contributed by atoms with Crippen molar-refractivity contribution in [1.82, 2.24) is 9.55 Å². The topological polar surface area (TPSA) is 148 Å². The van der Waals surface area contributed by atoms with Crippen molar-refractivity contribution in [3.8, 4) is 0 Å². The number of carboxylic acids is 1. The molecule has 0 bridgehead atoms. The molecule has 0 amide bonds. The van der Waals surface area contributed by atoms with Crippen LogP contribution in [0, 0.1) is 4.91 Å². The largest absolute Gasteiger partial charge is 0.481 e. The zero-order valence-corrected chi connectivity index (χ0v) is 7.97. The number of hydrogen-bond acceptors (Lipinski definition) is 6. The molecule has 9 nitrogen and oxygen atoms in total. The number of nitrogen functional groups attached to an aromatic ring is 1. The number of hydrogen-bond donors (Lipinski definition) is 3. The van der Waals surface area contributed by atoms with Gasteiger partial charge in [-0.3, -0.25) is 19.1 Å². The smallest absolute Gasteiger partial charge is 0.330 e. The monoisotopic (exact) mass is 228 g/mol. The molecule has 0 saturated carbocycles. The highest BCUT2D eigenvalue weighted by atomic mass is 16.4. The number of H-pyrrole nitrogens is 1. The Kier molecular flexibility index (Phi) is 3.18. The third-order valence-electron chi connectivity index (χ3n) is 1.85. The Balaban J connectivity index is 3.28. The number of nitroso groups, excluding NO2 is 1. The summed E-state index contributed by atoms with van der Waals surface area (Å²) in [5.74, 6) is -1.58. The lowest BCUT2D eigenvalue weighted by Crippen LogP contribution is -2.32. The number of aliphatic carboxylic acids is 1. The molecule has 86 valence electrons. The second kappa shape index (κ2) is 4.38. The van der Waals surface area contributed by atoms with Gasteiger partial charge in [-0.25, -0.2) is 4.79 Å². The molecule has 1 heterocycles. The van der Waals surface area contributed by atoms with Gasteiger partial charge in [0.05, 0.1) is 6.42 Å². The van der Waals surface area contributed by atoms with E-state index >= 15 is 0 Å². The van der Waals surface area contributed by atoms with E-state index in [0.29, 0.717) is 0 Å². The van der Waals surface area contributed by atoms with Crippen molar-refractivity contribution in [2.45, 2.75) is 13.0 Å². The molecule has 1 aromatic rings. The molecule has 1 rings (SSSR count). The lowest BCUT2D eigenvalue weighted by atomic mass is 10.4. The number of rotatable bonds is 4. The number of aromatic nitrogens is 2. The third kappa shape index (κ3) is 2.13. The summed E-state index contributed by atoms with van der Waals surface area (Å²) in [6.07, 6.45) is -0.367. The van der Waals surface area contributed by atoms with Crippen molar-refractivity contribution in [2.75, 3.05) is 5.73 Å². The lowest BCUT2D eigenvalue weighted by Gasteiger charge is -2.07. The van der Waals surface area contributed by atoms with E-state index in [1.165, 1.54) is 0 Å². The molecular formula is C7H8N4O5. The second-order valence-corrected chi connectivity index (χ2v) is 2.88. The maximum atomic E-state index is 11.2. The van der Waals surface area contributed by atoms with E-state index in [-0.39, 0.29) is 13.0 Å². The van der Waals surface area contributed by atoms with Gasteiger partial charge in [0.1, 0.15) is 5.82 Å². The lowest BCUT2D eigenvalue weighted by molar-refractivity contribution is -0.137. The average Bonchev–Trinajstić information content (AvgIpc) is 2.16. The molecule has 0 saturated heterocycles. The van der Waals surface area contributed by atoms with Crippen LogP contribution >= 0.6 is 0 Å². The van der Waals surface area contributed by atoms with Crippen LogP contribution in [0.25, 0.3) is 0 Å². The van der Waals surface area contributed by atoms with Crippen LogP contribution in [0.1, 0.15) is 6.42 Å². The number of nitrogens with zero attached hydrogens (tertiary/aromatic N) is 2. The van der Waals surface area contributed by atoms with E-state index in [2.05, 4.69) is 5.18 Å². The summed E-state index contributed by atoms with van der Waals surface area (Å²) in [6, 6.07) is 0. The molecule has 9 heteroatoms. The SMILES string of the molecule is Nc1c(N=O)c(=O)[nH]c(=O)n1CCC(=O)O. The Morgan fingerprint density at radius 2 is 2.12 bits per heavy atom. The van der Waals surface area contributed by atoms with Gasteiger partial charge in [-0.2, -0.15) is 0 Å². The zero-order chi connectivity index (χ0) is 12.3. The zero-order valence-electron chi connectivity index (χ0n) is 7.97. The molecule has 0 aliphatic heterocycles. The van der Waals surface area contributed by atoms with Gasteiger partial charge in [0, 0.05) is 6.54 Å². The van der Waals surface area contributed by atoms with Crippen molar-refractivity contribution in [3.63, 3.8) is 0 Å². The third-order valence-corrected chi connectivity index (χ3v) is 1.85. The van der Waals surface area contributed by atoms with E-state index in [1.54, 1.807) is 0 Å². The van der Waals surface area contributed by atoms with Gasteiger partial charge in [-0.05, 0) is 5.18 Å². The first kappa shape index (κ1) is 11.6. The van der Waals surface area contributed by atoms with Crippen LogP contribution in [0.4, 0.5) is 11.5 Å². The van der Waals surface area contributed by atoms with Crippen molar-refractivity contribution >= 4 is 17.5 Å². The summed E-state index contributed by atoms with van der Waals surface area (Å²) in [4.78, 5) is 44.6. The summed E-state index contributed by atoms with van der Waals surface area (Å²) in [7, 11) is 0. The van der Waals surface area contributed by atoms with Crippen molar-refractivity contribution in [3.05, 3.63) is 25.7 Å². The summed E-state index contributed by atoms with van der Waals surface area (Å²) < 4.78 is 0.770. The molecular weight excluding hydrogens is 220 g/mol. The Morgan fingerprint density at radius 3 is 2.62 bits per heavy atom. The second-order valence-electron chi connectivity index (χ2n) is 2.88. The van der Waals surface area contributed by atoms with E-state index in [1.807, 2.05) is 4.98 Å². The standard InChI is InChI=1S/C7H8N4O5/c8-5-4(10-16)6(14)9-7(15)11(5)2-1-3(12)13/h1-2,8H2,(H,12,13)(H,9,14,15). The molecule has 0 fully saturated rings. The molecule has 0 aliphatic carbocycles. The normalized spacial score (nSPS) is 10.0. The highest BCUT2D eigenvalue weighted by molar-refractivity contribution is 5.66. The number of anilines is 1. The van der Waals surface area contributed by atoms with Crippen LogP contribution in [-0.2, 0) is 11.3 Å². The molecule has 16 heavy (non-hydrogen) atoms. The van der Waals surface area contributed by atoms with Gasteiger partial charge in [0.2, 0.25) is 5.69 Å². The van der Waals surface area contributed by atoms with Crippen molar-refractivity contribution in [1.29, 1.82) is 0 Å². The number of carboxylic acid groups (broad SMARTS) is 1. The summed E-state index contributed by atoms with van der Waals surface area (Å²) in [5, 5.41) is 10.8. The molecule has 0 aromatic carbocycles. The fourth-order valence-electron chi connectivity index (χ4n) is 1.10. The van der Waals surface area contributed by atoms with E-state index in [9.17, 15) is 19.3 Å². The predicted molar refractivity (Wildman–Crippen MR) is 53.4 cm³/mol.